The Hall–Kier alpha value is -3.77. The predicted molar refractivity (Wildman–Crippen MR) is 143 cm³/mol. The summed E-state index contributed by atoms with van der Waals surface area (Å²) in [6.45, 7) is 4.73. The number of urea groups is 1. The maximum atomic E-state index is 16.1. The first-order valence-corrected chi connectivity index (χ1v) is 13.1. The molecule has 0 unspecified atom stereocenters. The zero-order valence-electron chi connectivity index (χ0n) is 22.8. The highest BCUT2D eigenvalue weighted by molar-refractivity contribution is 6.06. The molecule has 0 spiro atoms. The Morgan fingerprint density at radius 3 is 2.54 bits per heavy atom. The monoisotopic (exact) mass is 574 g/mol. The van der Waals surface area contributed by atoms with Crippen molar-refractivity contribution in [3.05, 3.63) is 65.1 Å². The van der Waals surface area contributed by atoms with Crippen molar-refractivity contribution >= 4 is 28.5 Å². The van der Waals surface area contributed by atoms with Crippen LogP contribution in [-0.2, 0) is 23.1 Å². The summed E-state index contributed by atoms with van der Waals surface area (Å²) in [6, 6.07) is 7.38. The van der Waals surface area contributed by atoms with Gasteiger partial charge < -0.3 is 9.84 Å². The van der Waals surface area contributed by atoms with Crippen LogP contribution >= 0.6 is 0 Å². The number of anilines is 1. The lowest BCUT2D eigenvalue weighted by Gasteiger charge is -2.50. The number of carbonyl (C=O) groups is 2. The van der Waals surface area contributed by atoms with Gasteiger partial charge in [-0.05, 0) is 30.7 Å². The van der Waals surface area contributed by atoms with E-state index >= 15 is 4.39 Å². The standard InChI is InChI=1S/C29H30F4N4O4/c1-27(2)16-36(15-17-4-5-18(29(31,32)33)12-23(17)41-3)11-9-28(27,40)21-6-7-22-20(25(21)30)13-19(14-34-22)37-10-8-24(38)35-26(37)39/h4-7,12-14,40H,8-11,15-16H2,1-3H3,(H,35,38,39)/t28-/m0/s1. The van der Waals surface area contributed by atoms with Crippen LogP contribution in [0.5, 0.6) is 5.75 Å². The van der Waals surface area contributed by atoms with Gasteiger partial charge >= 0.3 is 12.2 Å². The van der Waals surface area contributed by atoms with Crippen LogP contribution in [0.4, 0.5) is 28.0 Å². The molecular weight excluding hydrogens is 544 g/mol. The number of hydrogen-bond donors (Lipinski definition) is 2. The molecule has 3 aromatic rings. The van der Waals surface area contributed by atoms with Crippen LogP contribution in [0.15, 0.2) is 42.6 Å². The van der Waals surface area contributed by atoms with Crippen LogP contribution < -0.4 is 15.0 Å². The van der Waals surface area contributed by atoms with Crippen LogP contribution in [0, 0.1) is 11.2 Å². The van der Waals surface area contributed by atoms with E-state index in [0.717, 1.165) is 12.1 Å². The lowest BCUT2D eigenvalue weighted by Crippen LogP contribution is -2.55. The van der Waals surface area contributed by atoms with Gasteiger partial charge in [-0.25, -0.2) is 9.18 Å². The fourth-order valence-corrected chi connectivity index (χ4v) is 5.78. The number of likely N-dealkylation sites (tertiary alicyclic amines) is 1. The molecule has 2 aliphatic rings. The molecule has 0 bridgehead atoms. The molecular formula is C29H30F4N4O4. The number of aromatic nitrogens is 1. The summed E-state index contributed by atoms with van der Waals surface area (Å²) in [6.07, 6.45) is -2.79. The van der Waals surface area contributed by atoms with E-state index in [-0.39, 0.29) is 48.5 Å². The summed E-state index contributed by atoms with van der Waals surface area (Å²) in [5, 5.41) is 14.3. The Balaban J connectivity index is 1.41. The second kappa shape index (κ2) is 10.3. The molecule has 0 aliphatic carbocycles. The van der Waals surface area contributed by atoms with Crippen LogP contribution in [-0.4, -0.2) is 53.7 Å². The van der Waals surface area contributed by atoms with E-state index in [1.165, 1.54) is 36.4 Å². The normalized spacial score (nSPS) is 21.7. The van der Waals surface area contributed by atoms with Gasteiger partial charge in [0, 0.05) is 54.5 Å². The molecule has 8 nitrogen and oxygen atoms in total. The molecule has 2 aliphatic heterocycles. The Labute approximate surface area is 233 Å². The Bertz CT molecular complexity index is 1530. The number of imide groups is 1. The van der Waals surface area contributed by atoms with Crippen molar-refractivity contribution in [2.75, 3.05) is 31.6 Å². The molecule has 1 aromatic heterocycles. The van der Waals surface area contributed by atoms with Crippen LogP contribution in [0.2, 0.25) is 0 Å². The number of methoxy groups -OCH3 is 1. The number of alkyl halides is 3. The van der Waals surface area contributed by atoms with E-state index < -0.39 is 34.6 Å². The predicted octanol–water partition coefficient (Wildman–Crippen LogP) is 4.97. The van der Waals surface area contributed by atoms with E-state index in [1.54, 1.807) is 6.07 Å². The molecule has 1 atom stereocenters. The third-order valence-corrected chi connectivity index (χ3v) is 8.13. The molecule has 2 saturated heterocycles. The number of carbonyl (C=O) groups excluding carboxylic acids is 2. The van der Waals surface area contributed by atoms with Gasteiger partial charge in [0.25, 0.3) is 0 Å². The number of amides is 3. The van der Waals surface area contributed by atoms with E-state index in [0.29, 0.717) is 29.9 Å². The number of benzene rings is 2. The first kappa shape index (κ1) is 28.7. The largest absolute Gasteiger partial charge is 0.496 e. The van der Waals surface area contributed by atoms with Crippen molar-refractivity contribution in [3.8, 4) is 5.75 Å². The van der Waals surface area contributed by atoms with Crippen molar-refractivity contribution in [1.29, 1.82) is 0 Å². The van der Waals surface area contributed by atoms with Gasteiger partial charge in [0.1, 0.15) is 11.6 Å². The van der Waals surface area contributed by atoms with Gasteiger partial charge in [-0.15, -0.1) is 0 Å². The second-order valence-corrected chi connectivity index (χ2v) is 11.2. The molecule has 2 fully saturated rings. The van der Waals surface area contributed by atoms with Crippen molar-refractivity contribution in [2.45, 2.75) is 45.0 Å². The van der Waals surface area contributed by atoms with Crippen molar-refractivity contribution in [2.24, 2.45) is 5.41 Å². The van der Waals surface area contributed by atoms with Gasteiger partial charge in [-0.2, -0.15) is 13.2 Å². The zero-order chi connectivity index (χ0) is 29.7. The Morgan fingerprint density at radius 1 is 1.12 bits per heavy atom. The smallest absolute Gasteiger partial charge is 0.416 e. The molecule has 2 aromatic carbocycles. The lowest BCUT2D eigenvalue weighted by molar-refractivity contribution is -0.137. The number of hydrogen-bond acceptors (Lipinski definition) is 6. The molecule has 3 amide bonds. The third-order valence-electron chi connectivity index (χ3n) is 8.13. The first-order chi connectivity index (χ1) is 19.2. The van der Waals surface area contributed by atoms with Gasteiger partial charge in [-0.1, -0.05) is 26.0 Å². The number of fused-ring (bicyclic) bond motifs is 1. The molecule has 0 saturated carbocycles. The number of aliphatic hydroxyl groups is 1. The number of pyridine rings is 1. The maximum Gasteiger partial charge on any atom is 0.416 e. The molecule has 41 heavy (non-hydrogen) atoms. The zero-order valence-corrected chi connectivity index (χ0v) is 22.8. The topological polar surface area (TPSA) is 95.0 Å². The number of piperidine rings is 1. The maximum absolute atomic E-state index is 16.1. The minimum Gasteiger partial charge on any atom is -0.496 e. The summed E-state index contributed by atoms with van der Waals surface area (Å²) in [5.74, 6) is -0.922. The Morgan fingerprint density at radius 2 is 1.88 bits per heavy atom. The summed E-state index contributed by atoms with van der Waals surface area (Å²) in [4.78, 5) is 31.4. The van der Waals surface area contributed by atoms with Gasteiger partial charge in [-0.3, -0.25) is 24.9 Å². The molecule has 0 radical (unpaired) electrons. The molecule has 5 rings (SSSR count). The average Bonchev–Trinajstić information content (AvgIpc) is 2.90. The minimum atomic E-state index is -4.49. The third kappa shape index (κ3) is 5.21. The lowest BCUT2D eigenvalue weighted by atomic mass is 9.66. The van der Waals surface area contributed by atoms with Crippen molar-refractivity contribution in [3.63, 3.8) is 0 Å². The van der Waals surface area contributed by atoms with E-state index in [1.807, 2.05) is 18.7 Å². The van der Waals surface area contributed by atoms with E-state index in [9.17, 15) is 27.9 Å². The molecule has 3 heterocycles. The average molecular weight is 575 g/mol. The molecule has 2 N–H and O–H groups in total. The molecule has 218 valence electrons. The first-order valence-electron chi connectivity index (χ1n) is 13.1. The number of halogens is 4. The van der Waals surface area contributed by atoms with Crippen molar-refractivity contribution < 1.29 is 37.0 Å². The highest BCUT2D eigenvalue weighted by atomic mass is 19.4. The summed E-state index contributed by atoms with van der Waals surface area (Å²) in [7, 11) is 1.32. The fourth-order valence-electron chi connectivity index (χ4n) is 5.78. The summed E-state index contributed by atoms with van der Waals surface area (Å²) >= 11 is 0. The number of nitrogens with one attached hydrogen (secondary N) is 1. The fraction of sp³-hybridized carbons (Fsp3) is 0.414. The van der Waals surface area contributed by atoms with Gasteiger partial charge in [0.05, 0.1) is 35.7 Å². The van der Waals surface area contributed by atoms with Crippen LogP contribution in [0.1, 0.15) is 43.4 Å². The number of rotatable bonds is 5. The highest BCUT2D eigenvalue weighted by Crippen LogP contribution is 2.48. The molecule has 12 heteroatoms. The van der Waals surface area contributed by atoms with Crippen molar-refractivity contribution in [1.82, 2.24) is 15.2 Å². The summed E-state index contributed by atoms with van der Waals surface area (Å²) in [5.41, 5.74) is -1.90. The van der Waals surface area contributed by atoms with Crippen LogP contribution in [0.25, 0.3) is 10.9 Å². The minimum absolute atomic E-state index is 0.0963. The number of nitrogens with zero attached hydrogens (tertiary/aromatic N) is 3. The van der Waals surface area contributed by atoms with E-state index in [4.69, 9.17) is 4.74 Å². The Kier molecular flexibility index (Phi) is 7.19. The van der Waals surface area contributed by atoms with Gasteiger partial charge in [0.15, 0.2) is 0 Å². The summed E-state index contributed by atoms with van der Waals surface area (Å²) < 4.78 is 60.8. The van der Waals surface area contributed by atoms with Crippen LogP contribution in [0.3, 0.4) is 0 Å². The number of ether oxygens (including phenoxy) is 1. The SMILES string of the molecule is COc1cc(C(F)(F)F)ccc1CN1CC[C@](O)(c2ccc3ncc(N4CCC(=O)NC4=O)cc3c2F)C(C)(C)C1. The quantitative estimate of drug-likeness (QED) is 0.418. The highest BCUT2D eigenvalue weighted by Gasteiger charge is 2.50. The second-order valence-electron chi connectivity index (χ2n) is 11.2. The van der Waals surface area contributed by atoms with E-state index in [2.05, 4.69) is 10.3 Å². The van der Waals surface area contributed by atoms with Gasteiger partial charge in [0.2, 0.25) is 5.91 Å².